The highest BCUT2D eigenvalue weighted by molar-refractivity contribution is 5.84. The van der Waals surface area contributed by atoms with Gasteiger partial charge < -0.3 is 5.32 Å². The van der Waals surface area contributed by atoms with E-state index < -0.39 is 0 Å². The lowest BCUT2D eigenvalue weighted by Gasteiger charge is -2.29. The van der Waals surface area contributed by atoms with E-state index in [2.05, 4.69) is 17.7 Å². The molecular formula is C17H23N3O2. The standard InChI is InChI=1S/C17H23N3O2/c1-2-3-12-18-16(21)11-13-20-17(22)10-9-15(19-20)14-7-5-4-6-8-14/h4-9,19H,2-3,10-13H2,1H3,(H,18,21). The number of unbranched alkanes of at least 4 members (excludes halogenated alkanes) is 1. The van der Waals surface area contributed by atoms with Crippen LogP contribution in [0.1, 0.15) is 38.2 Å². The van der Waals surface area contributed by atoms with Crippen LogP contribution in [0.3, 0.4) is 0 Å². The third kappa shape index (κ3) is 4.62. The smallest absolute Gasteiger partial charge is 0.244 e. The molecule has 0 fully saturated rings. The van der Waals surface area contributed by atoms with Gasteiger partial charge in [-0.15, -0.1) is 0 Å². The molecule has 2 rings (SSSR count). The van der Waals surface area contributed by atoms with E-state index >= 15 is 0 Å². The Morgan fingerprint density at radius 1 is 1.32 bits per heavy atom. The van der Waals surface area contributed by atoms with Gasteiger partial charge in [0.25, 0.3) is 0 Å². The molecule has 0 unspecified atom stereocenters. The van der Waals surface area contributed by atoms with Crippen molar-refractivity contribution in [3.63, 3.8) is 0 Å². The van der Waals surface area contributed by atoms with E-state index in [1.807, 2.05) is 36.4 Å². The van der Waals surface area contributed by atoms with Gasteiger partial charge in [0.15, 0.2) is 0 Å². The number of amides is 2. The summed E-state index contributed by atoms with van der Waals surface area (Å²) in [7, 11) is 0. The first-order valence-electron chi connectivity index (χ1n) is 7.80. The van der Waals surface area contributed by atoms with Gasteiger partial charge >= 0.3 is 0 Å². The zero-order chi connectivity index (χ0) is 15.8. The molecule has 118 valence electrons. The van der Waals surface area contributed by atoms with Crippen LogP contribution < -0.4 is 10.7 Å². The fourth-order valence-electron chi connectivity index (χ4n) is 2.24. The quantitative estimate of drug-likeness (QED) is 0.758. The Morgan fingerprint density at radius 3 is 2.82 bits per heavy atom. The van der Waals surface area contributed by atoms with Gasteiger partial charge in [-0.25, -0.2) is 0 Å². The number of hydrogen-bond acceptors (Lipinski definition) is 3. The van der Waals surface area contributed by atoms with E-state index in [0.29, 0.717) is 25.9 Å². The van der Waals surface area contributed by atoms with Gasteiger partial charge in [0.05, 0.1) is 12.2 Å². The van der Waals surface area contributed by atoms with Crippen molar-refractivity contribution in [2.75, 3.05) is 13.1 Å². The molecule has 0 spiro atoms. The van der Waals surface area contributed by atoms with Crippen LogP contribution in [0.4, 0.5) is 0 Å². The largest absolute Gasteiger partial charge is 0.356 e. The molecule has 1 aromatic carbocycles. The van der Waals surface area contributed by atoms with Crippen molar-refractivity contribution < 1.29 is 9.59 Å². The highest BCUT2D eigenvalue weighted by Crippen LogP contribution is 2.16. The summed E-state index contributed by atoms with van der Waals surface area (Å²) in [6.45, 7) is 3.16. The fourth-order valence-corrected chi connectivity index (χ4v) is 2.24. The zero-order valence-corrected chi connectivity index (χ0v) is 13.0. The molecular weight excluding hydrogens is 278 g/mol. The minimum atomic E-state index is -0.0149. The van der Waals surface area contributed by atoms with Crippen LogP contribution in [-0.2, 0) is 9.59 Å². The maximum atomic E-state index is 11.9. The van der Waals surface area contributed by atoms with Crippen molar-refractivity contribution in [3.05, 3.63) is 42.0 Å². The van der Waals surface area contributed by atoms with Crippen LogP contribution in [0.2, 0.25) is 0 Å². The summed E-state index contributed by atoms with van der Waals surface area (Å²) < 4.78 is 0. The monoisotopic (exact) mass is 301 g/mol. The van der Waals surface area contributed by atoms with Crippen molar-refractivity contribution in [2.24, 2.45) is 0 Å². The van der Waals surface area contributed by atoms with Crippen LogP contribution in [0.5, 0.6) is 0 Å². The molecule has 5 heteroatoms. The molecule has 0 aromatic heterocycles. The Morgan fingerprint density at radius 2 is 2.09 bits per heavy atom. The van der Waals surface area contributed by atoms with Gasteiger partial charge in [-0.05, 0) is 18.1 Å². The summed E-state index contributed by atoms with van der Waals surface area (Å²) in [6, 6.07) is 9.85. The van der Waals surface area contributed by atoms with Crippen LogP contribution in [0, 0.1) is 0 Å². The topological polar surface area (TPSA) is 61.4 Å². The van der Waals surface area contributed by atoms with Gasteiger partial charge in [0.2, 0.25) is 11.8 Å². The number of carbonyl (C=O) groups is 2. The van der Waals surface area contributed by atoms with Crippen LogP contribution in [-0.4, -0.2) is 29.9 Å². The number of nitrogens with zero attached hydrogens (tertiary/aromatic N) is 1. The second kappa shape index (κ2) is 8.22. The lowest BCUT2D eigenvalue weighted by molar-refractivity contribution is -0.133. The van der Waals surface area contributed by atoms with E-state index in [4.69, 9.17) is 0 Å². The van der Waals surface area contributed by atoms with E-state index in [0.717, 1.165) is 24.1 Å². The van der Waals surface area contributed by atoms with Crippen molar-refractivity contribution in [1.82, 2.24) is 15.8 Å². The zero-order valence-electron chi connectivity index (χ0n) is 13.0. The molecule has 0 saturated heterocycles. The average molecular weight is 301 g/mol. The Hall–Kier alpha value is -2.30. The van der Waals surface area contributed by atoms with Crippen molar-refractivity contribution in [3.8, 4) is 0 Å². The summed E-state index contributed by atoms with van der Waals surface area (Å²) in [6.07, 6.45) is 4.58. The molecule has 0 atom stereocenters. The van der Waals surface area contributed by atoms with Gasteiger partial charge in [0, 0.05) is 19.4 Å². The first-order valence-corrected chi connectivity index (χ1v) is 7.80. The predicted molar refractivity (Wildman–Crippen MR) is 86.4 cm³/mol. The number of nitrogens with one attached hydrogen (secondary N) is 2. The average Bonchev–Trinajstić information content (AvgIpc) is 2.55. The first kappa shape index (κ1) is 16.1. The minimum Gasteiger partial charge on any atom is -0.356 e. The molecule has 0 radical (unpaired) electrons. The molecule has 1 heterocycles. The predicted octanol–water partition coefficient (Wildman–Crippen LogP) is 2.07. The summed E-state index contributed by atoms with van der Waals surface area (Å²) >= 11 is 0. The molecule has 0 aliphatic carbocycles. The Labute approximate surface area is 131 Å². The second-order valence-electron chi connectivity index (χ2n) is 5.30. The normalized spacial score (nSPS) is 14.3. The Bertz CT molecular complexity index is 540. The maximum Gasteiger partial charge on any atom is 0.244 e. The molecule has 0 saturated carbocycles. The van der Waals surface area contributed by atoms with Crippen molar-refractivity contribution >= 4 is 17.5 Å². The third-order valence-corrected chi connectivity index (χ3v) is 3.54. The number of hydrogen-bond donors (Lipinski definition) is 2. The van der Waals surface area contributed by atoms with Crippen molar-refractivity contribution in [2.45, 2.75) is 32.6 Å². The van der Waals surface area contributed by atoms with Crippen LogP contribution >= 0.6 is 0 Å². The van der Waals surface area contributed by atoms with E-state index in [-0.39, 0.29) is 11.8 Å². The van der Waals surface area contributed by atoms with Gasteiger partial charge in [-0.3, -0.25) is 20.0 Å². The van der Waals surface area contributed by atoms with Crippen LogP contribution in [0.15, 0.2) is 36.4 Å². The molecule has 1 aliphatic heterocycles. The highest BCUT2D eigenvalue weighted by atomic mass is 16.2. The molecule has 0 bridgehead atoms. The van der Waals surface area contributed by atoms with E-state index in [1.54, 1.807) is 0 Å². The number of benzene rings is 1. The lowest BCUT2D eigenvalue weighted by atomic mass is 10.1. The Balaban J connectivity index is 1.85. The summed E-state index contributed by atoms with van der Waals surface area (Å²) in [5, 5.41) is 4.39. The number of hydrazine groups is 1. The van der Waals surface area contributed by atoms with E-state index in [1.165, 1.54) is 5.01 Å². The van der Waals surface area contributed by atoms with Gasteiger partial charge in [-0.2, -0.15) is 0 Å². The second-order valence-corrected chi connectivity index (χ2v) is 5.30. The molecule has 22 heavy (non-hydrogen) atoms. The van der Waals surface area contributed by atoms with E-state index in [9.17, 15) is 9.59 Å². The summed E-state index contributed by atoms with van der Waals surface area (Å²) in [5.41, 5.74) is 5.05. The van der Waals surface area contributed by atoms with Crippen molar-refractivity contribution in [1.29, 1.82) is 0 Å². The SMILES string of the molecule is CCCCNC(=O)CCN1NC(c2ccccc2)=CCC1=O. The molecule has 1 aromatic rings. The lowest BCUT2D eigenvalue weighted by Crippen LogP contribution is -2.45. The highest BCUT2D eigenvalue weighted by Gasteiger charge is 2.20. The molecule has 5 nitrogen and oxygen atoms in total. The molecule has 1 aliphatic rings. The Kier molecular flexibility index (Phi) is 6.01. The van der Waals surface area contributed by atoms with Crippen LogP contribution in [0.25, 0.3) is 5.70 Å². The van der Waals surface area contributed by atoms with Gasteiger partial charge in [-0.1, -0.05) is 43.7 Å². The summed E-state index contributed by atoms with van der Waals surface area (Å²) in [4.78, 5) is 23.7. The molecule has 2 amide bonds. The third-order valence-electron chi connectivity index (χ3n) is 3.54. The fraction of sp³-hybridized carbons (Fsp3) is 0.412. The van der Waals surface area contributed by atoms with Gasteiger partial charge in [0.1, 0.15) is 0 Å². The first-order chi connectivity index (χ1) is 10.7. The number of rotatable bonds is 7. The minimum absolute atomic E-state index is 0.0129. The maximum absolute atomic E-state index is 11.9. The summed E-state index contributed by atoms with van der Waals surface area (Å²) in [5.74, 6) is -0.0279. The molecule has 2 N–H and O–H groups in total. The number of carbonyl (C=O) groups excluding carboxylic acids is 2.